The Morgan fingerprint density at radius 2 is 2.05 bits per heavy atom. The molecule has 1 aliphatic heterocycles. The molecule has 1 amide bonds. The molecule has 1 saturated heterocycles. The fourth-order valence-corrected chi connectivity index (χ4v) is 2.52. The van der Waals surface area contributed by atoms with Crippen LogP contribution < -0.4 is 5.32 Å². The van der Waals surface area contributed by atoms with E-state index in [4.69, 9.17) is 9.47 Å². The third-order valence-corrected chi connectivity index (χ3v) is 3.60. The molecular formula is C13H23NO6S. The third-order valence-electron chi connectivity index (χ3n) is 3.34. The number of hydrogen-bond acceptors (Lipinski definition) is 7. The van der Waals surface area contributed by atoms with E-state index < -0.39 is 43.0 Å². The number of aliphatic hydroxyl groups excluding tert-OH is 2. The molecule has 1 heterocycles. The van der Waals surface area contributed by atoms with Crippen molar-refractivity contribution in [2.75, 3.05) is 12.4 Å². The summed E-state index contributed by atoms with van der Waals surface area (Å²) >= 11 is 3.83. The van der Waals surface area contributed by atoms with Crippen LogP contribution in [0.4, 0.5) is 0 Å². The first-order chi connectivity index (χ1) is 9.94. The van der Waals surface area contributed by atoms with Crippen molar-refractivity contribution in [2.45, 2.75) is 57.1 Å². The maximum absolute atomic E-state index is 11.5. The Labute approximate surface area is 129 Å². The summed E-state index contributed by atoms with van der Waals surface area (Å²) in [6.07, 6.45) is -2.12. The predicted octanol–water partition coefficient (Wildman–Crippen LogP) is -0.747. The number of esters is 1. The van der Waals surface area contributed by atoms with E-state index in [1.165, 1.54) is 6.92 Å². The van der Waals surface area contributed by atoms with Gasteiger partial charge in [-0.3, -0.25) is 9.59 Å². The fourth-order valence-electron chi connectivity index (χ4n) is 2.45. The van der Waals surface area contributed by atoms with E-state index in [1.807, 2.05) is 6.92 Å². The number of carbonyl (C=O) groups is 2. The molecule has 0 aromatic heterocycles. The summed E-state index contributed by atoms with van der Waals surface area (Å²) in [5.41, 5.74) is 0. The SMILES string of the molecule is CCCC1OC(CO)C(O)C(OC(=O)CS)C1NC(C)=O. The summed E-state index contributed by atoms with van der Waals surface area (Å²) < 4.78 is 10.8. The van der Waals surface area contributed by atoms with Crippen molar-refractivity contribution in [1.29, 1.82) is 0 Å². The van der Waals surface area contributed by atoms with Crippen molar-refractivity contribution in [1.82, 2.24) is 5.32 Å². The molecule has 1 rings (SSSR count). The molecule has 1 fully saturated rings. The van der Waals surface area contributed by atoms with Gasteiger partial charge in [-0.05, 0) is 6.42 Å². The first-order valence-electron chi connectivity index (χ1n) is 6.96. The van der Waals surface area contributed by atoms with Crippen LogP contribution in [0.2, 0.25) is 0 Å². The summed E-state index contributed by atoms with van der Waals surface area (Å²) in [5.74, 6) is -1.06. The van der Waals surface area contributed by atoms with Crippen molar-refractivity contribution < 1.29 is 29.3 Å². The number of carbonyl (C=O) groups excluding carboxylic acids is 2. The lowest BCUT2D eigenvalue weighted by molar-refractivity contribution is -0.210. The van der Waals surface area contributed by atoms with Crippen LogP contribution in [0.3, 0.4) is 0 Å². The van der Waals surface area contributed by atoms with Crippen molar-refractivity contribution in [3.63, 3.8) is 0 Å². The minimum Gasteiger partial charge on any atom is -0.457 e. The highest BCUT2D eigenvalue weighted by Gasteiger charge is 2.47. The number of rotatable bonds is 6. The summed E-state index contributed by atoms with van der Waals surface area (Å²) in [4.78, 5) is 22.9. The Bertz CT molecular complexity index is 367. The Balaban J connectivity index is 2.99. The normalized spacial score (nSPS) is 32.5. The van der Waals surface area contributed by atoms with E-state index in [2.05, 4.69) is 17.9 Å². The third kappa shape index (κ3) is 4.84. The Kier molecular flexibility index (Phi) is 7.44. The van der Waals surface area contributed by atoms with Crippen molar-refractivity contribution in [2.24, 2.45) is 0 Å². The number of amides is 1. The zero-order chi connectivity index (χ0) is 16.0. The van der Waals surface area contributed by atoms with Gasteiger partial charge in [0.15, 0.2) is 6.10 Å². The molecule has 122 valence electrons. The number of hydrogen-bond donors (Lipinski definition) is 4. The van der Waals surface area contributed by atoms with E-state index in [0.29, 0.717) is 6.42 Å². The first kappa shape index (κ1) is 18.2. The maximum atomic E-state index is 11.5. The first-order valence-corrected chi connectivity index (χ1v) is 7.59. The average Bonchev–Trinajstić information content (AvgIpc) is 2.44. The van der Waals surface area contributed by atoms with E-state index in [9.17, 15) is 19.8 Å². The Morgan fingerprint density at radius 1 is 1.38 bits per heavy atom. The lowest BCUT2D eigenvalue weighted by atomic mass is 9.90. The van der Waals surface area contributed by atoms with Gasteiger partial charge in [0.2, 0.25) is 5.91 Å². The van der Waals surface area contributed by atoms with E-state index in [0.717, 1.165) is 6.42 Å². The van der Waals surface area contributed by atoms with E-state index in [-0.39, 0.29) is 11.7 Å². The Hall–Kier alpha value is -0.830. The van der Waals surface area contributed by atoms with Crippen LogP contribution in [0.15, 0.2) is 0 Å². The molecule has 5 unspecified atom stereocenters. The quantitative estimate of drug-likeness (QED) is 0.379. The van der Waals surface area contributed by atoms with Crippen LogP contribution in [-0.2, 0) is 19.1 Å². The summed E-state index contributed by atoms with van der Waals surface area (Å²) in [7, 11) is 0. The number of ether oxygens (including phenoxy) is 2. The largest absolute Gasteiger partial charge is 0.457 e. The topological polar surface area (TPSA) is 105 Å². The molecule has 0 aromatic rings. The Morgan fingerprint density at radius 3 is 2.52 bits per heavy atom. The standard InChI is InChI=1S/C13H23NO6S/c1-3-4-8-11(14-7(2)16)13(20-10(17)6-21)12(18)9(5-15)19-8/h8-9,11-13,15,18,21H,3-6H2,1-2H3,(H,14,16). The molecule has 0 bridgehead atoms. The molecule has 5 atom stereocenters. The molecule has 7 nitrogen and oxygen atoms in total. The van der Waals surface area contributed by atoms with Gasteiger partial charge in [0.25, 0.3) is 0 Å². The molecular weight excluding hydrogens is 298 g/mol. The molecule has 0 radical (unpaired) electrons. The van der Waals surface area contributed by atoms with Crippen LogP contribution >= 0.6 is 12.6 Å². The second-order valence-corrected chi connectivity index (χ2v) is 5.33. The highest BCUT2D eigenvalue weighted by Crippen LogP contribution is 2.26. The smallest absolute Gasteiger partial charge is 0.316 e. The number of thiol groups is 1. The molecule has 0 aromatic carbocycles. The minimum atomic E-state index is -1.22. The van der Waals surface area contributed by atoms with Gasteiger partial charge in [0, 0.05) is 6.92 Å². The van der Waals surface area contributed by atoms with E-state index >= 15 is 0 Å². The maximum Gasteiger partial charge on any atom is 0.316 e. The van der Waals surface area contributed by atoms with Gasteiger partial charge >= 0.3 is 5.97 Å². The molecule has 0 aliphatic carbocycles. The van der Waals surface area contributed by atoms with Gasteiger partial charge in [0.05, 0.1) is 24.5 Å². The minimum absolute atomic E-state index is 0.140. The monoisotopic (exact) mass is 321 g/mol. The van der Waals surface area contributed by atoms with Gasteiger partial charge < -0.3 is 25.0 Å². The zero-order valence-electron chi connectivity index (χ0n) is 12.2. The highest BCUT2D eigenvalue weighted by atomic mass is 32.1. The molecule has 0 saturated carbocycles. The van der Waals surface area contributed by atoms with Crippen LogP contribution in [0.5, 0.6) is 0 Å². The molecule has 21 heavy (non-hydrogen) atoms. The molecule has 3 N–H and O–H groups in total. The number of aliphatic hydroxyl groups is 2. The van der Waals surface area contributed by atoms with Crippen LogP contribution in [0.1, 0.15) is 26.7 Å². The van der Waals surface area contributed by atoms with Gasteiger partial charge in [-0.15, -0.1) is 0 Å². The lowest BCUT2D eigenvalue weighted by Gasteiger charge is -2.44. The van der Waals surface area contributed by atoms with Gasteiger partial charge in [0.1, 0.15) is 12.2 Å². The fraction of sp³-hybridized carbons (Fsp3) is 0.846. The van der Waals surface area contributed by atoms with Crippen LogP contribution in [0, 0.1) is 0 Å². The average molecular weight is 321 g/mol. The summed E-state index contributed by atoms with van der Waals surface area (Å²) in [6, 6.07) is -0.663. The summed E-state index contributed by atoms with van der Waals surface area (Å²) in [6.45, 7) is 2.88. The molecule has 0 spiro atoms. The van der Waals surface area contributed by atoms with Gasteiger partial charge in [-0.2, -0.15) is 12.6 Å². The highest BCUT2D eigenvalue weighted by molar-refractivity contribution is 7.81. The van der Waals surface area contributed by atoms with Crippen molar-refractivity contribution in [3.8, 4) is 0 Å². The number of nitrogens with one attached hydrogen (secondary N) is 1. The lowest BCUT2D eigenvalue weighted by Crippen LogP contribution is -2.65. The van der Waals surface area contributed by atoms with Gasteiger partial charge in [-0.25, -0.2) is 0 Å². The summed E-state index contributed by atoms with van der Waals surface area (Å²) in [5, 5.41) is 22.2. The van der Waals surface area contributed by atoms with Crippen LogP contribution in [0.25, 0.3) is 0 Å². The van der Waals surface area contributed by atoms with Crippen LogP contribution in [-0.4, -0.2) is 64.9 Å². The predicted molar refractivity (Wildman–Crippen MR) is 78.0 cm³/mol. The van der Waals surface area contributed by atoms with Crippen molar-refractivity contribution in [3.05, 3.63) is 0 Å². The van der Waals surface area contributed by atoms with Gasteiger partial charge in [-0.1, -0.05) is 13.3 Å². The van der Waals surface area contributed by atoms with E-state index in [1.54, 1.807) is 0 Å². The van der Waals surface area contributed by atoms with Crippen molar-refractivity contribution >= 4 is 24.5 Å². The molecule has 1 aliphatic rings. The zero-order valence-corrected chi connectivity index (χ0v) is 13.1. The second-order valence-electron chi connectivity index (χ2n) is 5.01. The second kappa shape index (κ2) is 8.57. The molecule has 8 heteroatoms.